The zero-order chi connectivity index (χ0) is 26.0. The van der Waals surface area contributed by atoms with Gasteiger partial charge in [0.2, 0.25) is 0 Å². The largest absolute Gasteiger partial charge is 0.416 e. The SMILES string of the molecule is CNc1cc(N2Cc3ccc(C(=O)NCc4ccccc4C(F)(F)F)cc3C2)nc(-c2ccccc2)n1. The van der Waals surface area contributed by atoms with Crippen molar-refractivity contribution in [3.8, 4) is 11.4 Å². The van der Waals surface area contributed by atoms with Crippen LogP contribution in [-0.2, 0) is 25.8 Å². The summed E-state index contributed by atoms with van der Waals surface area (Å²) in [5.41, 5.74) is 2.60. The first kappa shape index (κ1) is 24.3. The summed E-state index contributed by atoms with van der Waals surface area (Å²) in [6.07, 6.45) is -4.48. The van der Waals surface area contributed by atoms with Crippen molar-refractivity contribution in [2.45, 2.75) is 25.8 Å². The number of halogens is 3. The number of nitrogens with zero attached hydrogens (tertiary/aromatic N) is 3. The molecule has 2 N–H and O–H groups in total. The molecule has 9 heteroatoms. The first-order valence-corrected chi connectivity index (χ1v) is 11.7. The third-order valence-corrected chi connectivity index (χ3v) is 6.28. The van der Waals surface area contributed by atoms with Gasteiger partial charge in [0, 0.05) is 43.9 Å². The Kier molecular flexibility index (Phi) is 6.52. The average Bonchev–Trinajstić information content (AvgIpc) is 3.35. The number of benzene rings is 3. The smallest absolute Gasteiger partial charge is 0.373 e. The van der Waals surface area contributed by atoms with Crippen molar-refractivity contribution in [1.29, 1.82) is 0 Å². The first-order chi connectivity index (χ1) is 17.8. The van der Waals surface area contributed by atoms with Crippen molar-refractivity contribution in [3.63, 3.8) is 0 Å². The van der Waals surface area contributed by atoms with E-state index in [0.717, 1.165) is 28.6 Å². The summed E-state index contributed by atoms with van der Waals surface area (Å²) < 4.78 is 39.8. The summed E-state index contributed by atoms with van der Waals surface area (Å²) >= 11 is 0. The normalized spacial score (nSPS) is 12.8. The molecule has 1 aromatic heterocycles. The van der Waals surface area contributed by atoms with Gasteiger partial charge in [-0.05, 0) is 34.9 Å². The molecule has 188 valence electrons. The van der Waals surface area contributed by atoms with Crippen LogP contribution in [0.25, 0.3) is 11.4 Å². The van der Waals surface area contributed by atoms with E-state index in [1.807, 2.05) is 42.5 Å². The highest BCUT2D eigenvalue weighted by atomic mass is 19.4. The lowest BCUT2D eigenvalue weighted by Crippen LogP contribution is -2.24. The maximum absolute atomic E-state index is 13.3. The fourth-order valence-corrected chi connectivity index (χ4v) is 4.37. The Labute approximate surface area is 212 Å². The molecule has 0 atom stereocenters. The topological polar surface area (TPSA) is 70.2 Å². The molecule has 0 fully saturated rings. The number of aromatic nitrogens is 2. The van der Waals surface area contributed by atoms with E-state index in [9.17, 15) is 18.0 Å². The monoisotopic (exact) mass is 503 g/mol. The number of amides is 1. The molecule has 1 aliphatic rings. The number of carbonyl (C=O) groups is 1. The minimum atomic E-state index is -4.48. The van der Waals surface area contributed by atoms with Crippen molar-refractivity contribution in [2.75, 3.05) is 17.3 Å². The highest BCUT2D eigenvalue weighted by Gasteiger charge is 2.33. The molecule has 0 bridgehead atoms. The van der Waals surface area contributed by atoms with Gasteiger partial charge in [0.15, 0.2) is 5.82 Å². The van der Waals surface area contributed by atoms with Crippen molar-refractivity contribution in [3.05, 3.63) is 107 Å². The van der Waals surface area contributed by atoms with Crippen LogP contribution in [0.4, 0.5) is 24.8 Å². The van der Waals surface area contributed by atoms with Crippen LogP contribution >= 0.6 is 0 Å². The number of fused-ring (bicyclic) bond motifs is 1. The minimum Gasteiger partial charge on any atom is -0.373 e. The van der Waals surface area contributed by atoms with Gasteiger partial charge in [-0.2, -0.15) is 13.2 Å². The fourth-order valence-electron chi connectivity index (χ4n) is 4.37. The highest BCUT2D eigenvalue weighted by molar-refractivity contribution is 5.94. The molecule has 0 aliphatic carbocycles. The molecular weight excluding hydrogens is 479 g/mol. The number of carbonyl (C=O) groups excluding carboxylic acids is 1. The number of hydrogen-bond donors (Lipinski definition) is 2. The van der Waals surface area contributed by atoms with Crippen LogP contribution in [0.15, 0.2) is 78.9 Å². The van der Waals surface area contributed by atoms with Crippen LogP contribution in [0.5, 0.6) is 0 Å². The van der Waals surface area contributed by atoms with E-state index < -0.39 is 17.6 Å². The van der Waals surface area contributed by atoms with Gasteiger partial charge in [-0.15, -0.1) is 0 Å². The van der Waals surface area contributed by atoms with Gasteiger partial charge in [-0.1, -0.05) is 54.6 Å². The predicted octanol–water partition coefficient (Wildman–Crippen LogP) is 5.65. The van der Waals surface area contributed by atoms with Gasteiger partial charge >= 0.3 is 6.18 Å². The Morgan fingerprint density at radius 3 is 2.41 bits per heavy atom. The van der Waals surface area contributed by atoms with E-state index >= 15 is 0 Å². The molecule has 1 aliphatic heterocycles. The summed E-state index contributed by atoms with van der Waals surface area (Å²) in [6.45, 7) is 0.945. The Morgan fingerprint density at radius 2 is 1.65 bits per heavy atom. The molecule has 6 nitrogen and oxygen atoms in total. The Morgan fingerprint density at radius 1 is 0.919 bits per heavy atom. The number of hydrogen-bond acceptors (Lipinski definition) is 5. The van der Waals surface area contributed by atoms with Crippen LogP contribution in [0.3, 0.4) is 0 Å². The summed E-state index contributed by atoms with van der Waals surface area (Å²) in [6, 6.07) is 22.2. The van der Waals surface area contributed by atoms with Crippen LogP contribution in [0, 0.1) is 0 Å². The molecule has 0 unspecified atom stereocenters. The van der Waals surface area contributed by atoms with Crippen molar-refractivity contribution >= 4 is 17.5 Å². The van der Waals surface area contributed by atoms with E-state index in [1.54, 1.807) is 19.2 Å². The molecule has 2 heterocycles. The maximum Gasteiger partial charge on any atom is 0.416 e. The first-order valence-electron chi connectivity index (χ1n) is 11.7. The lowest BCUT2D eigenvalue weighted by Gasteiger charge is -2.18. The van der Waals surface area contributed by atoms with Gasteiger partial charge in [0.25, 0.3) is 5.91 Å². The number of alkyl halides is 3. The van der Waals surface area contributed by atoms with E-state index in [0.29, 0.717) is 30.3 Å². The molecule has 37 heavy (non-hydrogen) atoms. The van der Waals surface area contributed by atoms with Crippen LogP contribution in [0.2, 0.25) is 0 Å². The molecule has 5 rings (SSSR count). The molecule has 1 amide bonds. The van der Waals surface area contributed by atoms with Crippen molar-refractivity contribution < 1.29 is 18.0 Å². The Balaban J connectivity index is 1.32. The molecule has 0 saturated carbocycles. The van der Waals surface area contributed by atoms with Gasteiger partial charge in [-0.3, -0.25) is 4.79 Å². The zero-order valence-corrected chi connectivity index (χ0v) is 20.0. The third-order valence-electron chi connectivity index (χ3n) is 6.28. The summed E-state index contributed by atoms with van der Waals surface area (Å²) in [5.74, 6) is 1.63. The highest BCUT2D eigenvalue weighted by Crippen LogP contribution is 2.32. The second kappa shape index (κ2) is 9.93. The second-order valence-corrected chi connectivity index (χ2v) is 8.73. The van der Waals surface area contributed by atoms with E-state index in [2.05, 4.69) is 20.5 Å². The molecule has 3 aromatic carbocycles. The Bertz CT molecular complexity index is 1440. The molecular formula is C28H24F3N5O. The predicted molar refractivity (Wildman–Crippen MR) is 136 cm³/mol. The third kappa shape index (κ3) is 5.25. The molecule has 0 saturated heterocycles. The van der Waals surface area contributed by atoms with E-state index in [1.165, 1.54) is 18.2 Å². The standard InChI is InChI=1S/C28H24F3N5O/c1-32-24-14-25(35-26(34-24)18-7-3-2-4-8-18)36-16-21-12-11-19(13-22(21)17-36)27(37)33-15-20-9-5-6-10-23(20)28(29,30)31/h2-14H,15-17H2,1H3,(H,33,37)(H,32,34,35). The maximum atomic E-state index is 13.3. The average molecular weight is 504 g/mol. The van der Waals surface area contributed by atoms with Crippen LogP contribution < -0.4 is 15.5 Å². The lowest BCUT2D eigenvalue weighted by atomic mass is 10.1. The quantitative estimate of drug-likeness (QED) is 0.356. The second-order valence-electron chi connectivity index (χ2n) is 8.73. The van der Waals surface area contributed by atoms with Crippen molar-refractivity contribution in [2.24, 2.45) is 0 Å². The summed E-state index contributed by atoms with van der Waals surface area (Å²) in [4.78, 5) is 24.2. The minimum absolute atomic E-state index is 0.0222. The van der Waals surface area contributed by atoms with Crippen molar-refractivity contribution in [1.82, 2.24) is 15.3 Å². The number of nitrogens with one attached hydrogen (secondary N) is 2. The van der Waals surface area contributed by atoms with Gasteiger partial charge in [0.05, 0.1) is 5.56 Å². The molecule has 4 aromatic rings. The lowest BCUT2D eigenvalue weighted by molar-refractivity contribution is -0.138. The Hall–Kier alpha value is -4.40. The summed E-state index contributed by atoms with van der Waals surface area (Å²) in [7, 11) is 1.80. The van der Waals surface area contributed by atoms with Crippen LogP contribution in [0.1, 0.15) is 32.6 Å². The fraction of sp³-hybridized carbons (Fsp3) is 0.179. The van der Waals surface area contributed by atoms with Gasteiger partial charge in [-0.25, -0.2) is 9.97 Å². The van der Waals surface area contributed by atoms with E-state index in [4.69, 9.17) is 4.98 Å². The zero-order valence-electron chi connectivity index (χ0n) is 20.0. The van der Waals surface area contributed by atoms with Gasteiger partial charge in [0.1, 0.15) is 11.6 Å². The van der Waals surface area contributed by atoms with E-state index in [-0.39, 0.29) is 12.1 Å². The molecule has 0 spiro atoms. The number of anilines is 2. The summed E-state index contributed by atoms with van der Waals surface area (Å²) in [5, 5.41) is 5.71. The number of rotatable bonds is 6. The van der Waals surface area contributed by atoms with Crippen LogP contribution in [-0.4, -0.2) is 22.9 Å². The molecule has 0 radical (unpaired) electrons. The van der Waals surface area contributed by atoms with Gasteiger partial charge < -0.3 is 15.5 Å².